The van der Waals surface area contributed by atoms with E-state index in [9.17, 15) is 5.11 Å². The van der Waals surface area contributed by atoms with Crippen LogP contribution in [0.5, 0.6) is 5.75 Å². The summed E-state index contributed by atoms with van der Waals surface area (Å²) in [6.07, 6.45) is 3.55. The predicted octanol–water partition coefficient (Wildman–Crippen LogP) is 13.7. The Morgan fingerprint density at radius 2 is 1.20 bits per heavy atom. The van der Waals surface area contributed by atoms with E-state index in [2.05, 4.69) is 137 Å². The second-order valence-electron chi connectivity index (χ2n) is 16.2. The number of hydrogen-bond donors (Lipinski definition) is 1. The molecule has 0 saturated carbocycles. The van der Waals surface area contributed by atoms with Gasteiger partial charge in [-0.2, -0.15) is 0 Å². The van der Waals surface area contributed by atoms with Gasteiger partial charge in [0.25, 0.3) is 0 Å². The number of phenols is 1. The minimum absolute atomic E-state index is 0.0487. The number of aromatic hydroxyl groups is 1. The van der Waals surface area contributed by atoms with E-state index < -0.39 is 0 Å². The summed E-state index contributed by atoms with van der Waals surface area (Å²) >= 11 is 0. The van der Waals surface area contributed by atoms with Crippen LogP contribution < -0.4 is 4.90 Å². The lowest BCUT2D eigenvalue weighted by Gasteiger charge is -2.26. The molecule has 8 rings (SSSR count). The second kappa shape index (κ2) is 14.1. The number of para-hydroxylation sites is 1. The lowest BCUT2D eigenvalue weighted by molar-refractivity contribution is 0.477. The first kappa shape index (κ1) is 35.6. The van der Waals surface area contributed by atoms with Gasteiger partial charge in [-0.1, -0.05) is 120 Å². The maximum Gasteiger partial charge on any atom is 0.157 e. The Morgan fingerprint density at radius 1 is 0.545 bits per heavy atom. The maximum atomic E-state index is 11.1. The van der Waals surface area contributed by atoms with Crippen molar-refractivity contribution in [3.8, 4) is 50.5 Å². The van der Waals surface area contributed by atoms with Crippen molar-refractivity contribution in [1.29, 1.82) is 0 Å². The molecule has 272 valence electrons. The molecule has 0 atom stereocenters. The van der Waals surface area contributed by atoms with Gasteiger partial charge in [0.2, 0.25) is 0 Å². The zero-order chi connectivity index (χ0) is 38.3. The largest absolute Gasteiger partial charge is 0.507 e. The van der Waals surface area contributed by atoms with E-state index >= 15 is 0 Å². The molecule has 1 N–H and O–H groups in total. The third-order valence-electron chi connectivity index (χ3n) is 10.2. The Labute approximate surface area is 323 Å². The van der Waals surface area contributed by atoms with Crippen LogP contribution in [0.1, 0.15) is 52.7 Å². The van der Waals surface area contributed by atoms with Gasteiger partial charge in [-0.15, -0.1) is 0 Å². The number of anilines is 3. The van der Waals surface area contributed by atoms with Crippen LogP contribution in [0.2, 0.25) is 0 Å². The van der Waals surface area contributed by atoms with Gasteiger partial charge in [0.15, 0.2) is 5.58 Å². The molecular formula is C50H45N3O2. The van der Waals surface area contributed by atoms with Gasteiger partial charge in [-0.05, 0) is 111 Å². The monoisotopic (exact) mass is 719 g/mol. The molecule has 0 aliphatic rings. The zero-order valence-corrected chi connectivity index (χ0v) is 32.2. The van der Waals surface area contributed by atoms with Crippen LogP contribution in [0.15, 0.2) is 162 Å². The first-order chi connectivity index (χ1) is 26.4. The summed E-state index contributed by atoms with van der Waals surface area (Å²) in [5.41, 5.74) is 12.4. The summed E-state index contributed by atoms with van der Waals surface area (Å²) in [7, 11) is 0. The number of phenolic OH excluding ortho intramolecular Hbond substituents is 1. The Kier molecular flexibility index (Phi) is 9.10. The fourth-order valence-electron chi connectivity index (χ4n) is 7.05. The molecule has 0 saturated heterocycles. The smallest absolute Gasteiger partial charge is 0.157 e. The number of aromatic nitrogens is 2. The first-order valence-corrected chi connectivity index (χ1v) is 18.8. The SMILES string of the molecule is CC(C)(C)c1cc(-c2cc(-c3cccc(N(c4ccccn4)c4cc(-c5ccccc5)cc5ccoc45)c3)nc(-c3ccccc3O)c2)cc(C(C)(C)C)c1. The standard InChI is InChI=1S/C50H45N3O2/c1-49(2,3)39-26-37(27-40(32-39)50(4,5)6)38-29-43(52-44(30-38)42-19-10-11-20-46(42)54)34-17-14-18-41(28-34)53(47-21-12-13-23-51-47)45-31-36(33-15-8-7-9-16-33)25-35-22-24-55-48(35)45/h7-32,54H,1-6H3. The van der Waals surface area contributed by atoms with Gasteiger partial charge in [0, 0.05) is 28.4 Å². The summed E-state index contributed by atoms with van der Waals surface area (Å²) < 4.78 is 6.18. The van der Waals surface area contributed by atoms with Crippen LogP contribution >= 0.6 is 0 Å². The fraction of sp³-hybridized carbons (Fsp3) is 0.160. The van der Waals surface area contributed by atoms with Gasteiger partial charge in [0.1, 0.15) is 11.6 Å². The Balaban J connectivity index is 1.34. The van der Waals surface area contributed by atoms with Gasteiger partial charge in [0.05, 0.1) is 23.3 Å². The van der Waals surface area contributed by atoms with Gasteiger partial charge >= 0.3 is 0 Å². The van der Waals surface area contributed by atoms with Crippen LogP contribution in [0.25, 0.3) is 55.7 Å². The molecule has 3 aromatic heterocycles. The number of pyridine rings is 2. The average molecular weight is 720 g/mol. The average Bonchev–Trinajstić information content (AvgIpc) is 3.67. The van der Waals surface area contributed by atoms with Crippen molar-refractivity contribution in [2.24, 2.45) is 0 Å². The van der Waals surface area contributed by atoms with E-state index in [0.717, 1.165) is 61.7 Å². The highest BCUT2D eigenvalue weighted by molar-refractivity contribution is 5.98. The van der Waals surface area contributed by atoms with E-state index in [-0.39, 0.29) is 16.6 Å². The van der Waals surface area contributed by atoms with Gasteiger partial charge in [-0.25, -0.2) is 9.97 Å². The highest BCUT2D eigenvalue weighted by atomic mass is 16.3. The third-order valence-corrected chi connectivity index (χ3v) is 10.2. The van der Waals surface area contributed by atoms with E-state index in [1.54, 1.807) is 12.3 Å². The maximum absolute atomic E-state index is 11.1. The molecule has 0 aliphatic heterocycles. The molecule has 0 amide bonds. The van der Waals surface area contributed by atoms with Crippen molar-refractivity contribution in [3.63, 3.8) is 0 Å². The van der Waals surface area contributed by atoms with Crippen molar-refractivity contribution >= 4 is 28.2 Å². The van der Waals surface area contributed by atoms with Crippen molar-refractivity contribution in [2.75, 3.05) is 4.90 Å². The van der Waals surface area contributed by atoms with Crippen molar-refractivity contribution in [2.45, 2.75) is 52.4 Å². The molecule has 0 radical (unpaired) electrons. The summed E-state index contributed by atoms with van der Waals surface area (Å²) in [5, 5.41) is 12.1. The summed E-state index contributed by atoms with van der Waals surface area (Å²) in [5.74, 6) is 0.945. The van der Waals surface area contributed by atoms with Crippen molar-refractivity contribution < 1.29 is 9.52 Å². The topological polar surface area (TPSA) is 62.4 Å². The second-order valence-corrected chi connectivity index (χ2v) is 16.2. The lowest BCUT2D eigenvalue weighted by atomic mass is 9.79. The Bertz CT molecular complexity index is 2600. The molecule has 5 heteroatoms. The number of nitrogens with zero attached hydrogens (tertiary/aromatic N) is 3. The number of benzene rings is 5. The third kappa shape index (κ3) is 7.26. The quantitative estimate of drug-likeness (QED) is 0.178. The van der Waals surface area contributed by atoms with Gasteiger partial charge < -0.3 is 9.52 Å². The predicted molar refractivity (Wildman–Crippen MR) is 227 cm³/mol. The molecule has 0 unspecified atom stereocenters. The highest BCUT2D eigenvalue weighted by Gasteiger charge is 2.23. The zero-order valence-electron chi connectivity index (χ0n) is 32.2. The number of furan rings is 1. The number of rotatable bonds is 7. The van der Waals surface area contributed by atoms with Crippen LogP contribution in [-0.4, -0.2) is 15.1 Å². The molecule has 0 fully saturated rings. The minimum Gasteiger partial charge on any atom is -0.507 e. The molecule has 8 aromatic rings. The fourth-order valence-corrected chi connectivity index (χ4v) is 7.05. The van der Waals surface area contributed by atoms with Crippen LogP contribution in [0.4, 0.5) is 17.2 Å². The Hall–Kier alpha value is -6.46. The van der Waals surface area contributed by atoms with E-state index in [0.29, 0.717) is 11.3 Å². The lowest BCUT2D eigenvalue weighted by Crippen LogP contribution is -2.16. The van der Waals surface area contributed by atoms with E-state index in [4.69, 9.17) is 14.4 Å². The molecule has 3 heterocycles. The summed E-state index contributed by atoms with van der Waals surface area (Å²) in [6, 6.07) is 49.7. The molecule has 5 aromatic carbocycles. The van der Waals surface area contributed by atoms with Crippen molar-refractivity contribution in [3.05, 3.63) is 169 Å². The summed E-state index contributed by atoms with van der Waals surface area (Å²) in [6.45, 7) is 13.6. The van der Waals surface area contributed by atoms with Crippen LogP contribution in [0, 0.1) is 0 Å². The molecule has 55 heavy (non-hydrogen) atoms. The molecule has 0 aliphatic carbocycles. The Morgan fingerprint density at radius 3 is 1.91 bits per heavy atom. The normalized spacial score (nSPS) is 11.9. The first-order valence-electron chi connectivity index (χ1n) is 18.8. The number of hydrogen-bond acceptors (Lipinski definition) is 5. The van der Waals surface area contributed by atoms with Crippen LogP contribution in [0.3, 0.4) is 0 Å². The van der Waals surface area contributed by atoms with Gasteiger partial charge in [-0.3, -0.25) is 4.90 Å². The minimum atomic E-state index is -0.0487. The molecule has 5 nitrogen and oxygen atoms in total. The number of fused-ring (bicyclic) bond motifs is 1. The van der Waals surface area contributed by atoms with Crippen LogP contribution in [-0.2, 0) is 10.8 Å². The highest BCUT2D eigenvalue weighted by Crippen LogP contribution is 2.43. The molecule has 0 bridgehead atoms. The molecular weight excluding hydrogens is 675 g/mol. The van der Waals surface area contributed by atoms with E-state index in [1.807, 2.05) is 54.7 Å². The van der Waals surface area contributed by atoms with Crippen molar-refractivity contribution in [1.82, 2.24) is 9.97 Å². The molecule has 0 spiro atoms. The summed E-state index contributed by atoms with van der Waals surface area (Å²) in [4.78, 5) is 12.2. The van der Waals surface area contributed by atoms with E-state index in [1.165, 1.54) is 11.1 Å².